The van der Waals surface area contributed by atoms with Crippen LogP contribution in [0.5, 0.6) is 17.2 Å². The van der Waals surface area contributed by atoms with Gasteiger partial charge < -0.3 is 18.9 Å². The lowest BCUT2D eigenvalue weighted by Crippen LogP contribution is -2.20. The largest absolute Gasteiger partial charge is 0.457 e. The SMILES string of the molecule is CCCCCCC(=O)Oc1cc(C(=O)OCc2ccccc2)c(C(C)=O)c(OC(=O)CCCCCC)c1OC(=O)CCCCCC. The molecule has 0 fully saturated rings. The van der Waals surface area contributed by atoms with E-state index in [-0.39, 0.29) is 48.5 Å². The standard InChI is InChI=1S/C37H50O9/c1-5-8-11-17-22-31(39)44-30-25-29(37(42)43-26-28-20-15-14-16-21-28)34(27(4)38)36(46-33(41)24-19-13-10-7-3)35(30)45-32(40)23-18-12-9-6-2/h14-16,20-21,25H,5-13,17-19,22-24,26H2,1-4H3. The fraction of sp³-hybridized carbons (Fsp3) is 0.541. The van der Waals surface area contributed by atoms with Crippen molar-refractivity contribution in [1.82, 2.24) is 0 Å². The van der Waals surface area contributed by atoms with Crippen LogP contribution in [0.4, 0.5) is 0 Å². The van der Waals surface area contributed by atoms with Crippen LogP contribution in [0.3, 0.4) is 0 Å². The zero-order valence-electron chi connectivity index (χ0n) is 28.0. The Kier molecular flexibility index (Phi) is 18.0. The molecule has 9 heteroatoms. The number of hydrogen-bond acceptors (Lipinski definition) is 9. The molecule has 2 aromatic carbocycles. The molecule has 0 aliphatic rings. The van der Waals surface area contributed by atoms with Gasteiger partial charge in [-0.3, -0.25) is 19.2 Å². The highest BCUT2D eigenvalue weighted by molar-refractivity contribution is 6.09. The summed E-state index contributed by atoms with van der Waals surface area (Å²) in [6.45, 7) is 7.28. The number of unbranched alkanes of at least 4 members (excludes halogenated alkanes) is 9. The second-order valence-corrected chi connectivity index (χ2v) is 11.4. The molecule has 0 saturated carbocycles. The monoisotopic (exact) mass is 638 g/mol. The number of carbonyl (C=O) groups excluding carboxylic acids is 5. The molecule has 0 radical (unpaired) electrons. The van der Waals surface area contributed by atoms with E-state index < -0.39 is 35.4 Å². The Bertz CT molecular complexity index is 1280. The van der Waals surface area contributed by atoms with Crippen LogP contribution in [0.1, 0.15) is 150 Å². The van der Waals surface area contributed by atoms with Crippen LogP contribution in [0.25, 0.3) is 0 Å². The number of benzene rings is 2. The average Bonchev–Trinajstić information content (AvgIpc) is 3.04. The highest BCUT2D eigenvalue weighted by Crippen LogP contribution is 2.44. The first-order valence-electron chi connectivity index (χ1n) is 16.8. The van der Waals surface area contributed by atoms with Crippen molar-refractivity contribution in [3.8, 4) is 17.2 Å². The smallest absolute Gasteiger partial charge is 0.339 e. The van der Waals surface area contributed by atoms with Crippen molar-refractivity contribution in [2.75, 3.05) is 0 Å². The minimum absolute atomic E-state index is 0.0387. The maximum absolute atomic E-state index is 13.5. The van der Waals surface area contributed by atoms with Gasteiger partial charge in [0.15, 0.2) is 17.3 Å². The summed E-state index contributed by atoms with van der Waals surface area (Å²) in [7, 11) is 0. The molecule has 0 atom stereocenters. The molecule has 0 aliphatic heterocycles. The Labute approximate surface area is 273 Å². The van der Waals surface area contributed by atoms with Crippen molar-refractivity contribution in [2.24, 2.45) is 0 Å². The molecule has 0 amide bonds. The summed E-state index contributed by atoms with van der Waals surface area (Å²) in [5, 5.41) is 0. The molecule has 9 nitrogen and oxygen atoms in total. The molecule has 0 bridgehead atoms. The van der Waals surface area contributed by atoms with Crippen LogP contribution in [-0.4, -0.2) is 29.7 Å². The summed E-state index contributed by atoms with van der Waals surface area (Å²) in [5.74, 6) is -4.58. The average molecular weight is 639 g/mol. The van der Waals surface area contributed by atoms with E-state index in [1.54, 1.807) is 24.3 Å². The highest BCUT2D eigenvalue weighted by Gasteiger charge is 2.32. The lowest BCUT2D eigenvalue weighted by molar-refractivity contribution is -0.138. The van der Waals surface area contributed by atoms with E-state index in [1.165, 1.54) is 6.92 Å². The van der Waals surface area contributed by atoms with E-state index >= 15 is 0 Å². The zero-order chi connectivity index (χ0) is 33.7. The van der Waals surface area contributed by atoms with Gasteiger partial charge in [-0.25, -0.2) is 4.79 Å². The van der Waals surface area contributed by atoms with Gasteiger partial charge >= 0.3 is 23.9 Å². The second kappa shape index (κ2) is 21.7. The molecule has 2 rings (SSSR count). The lowest BCUT2D eigenvalue weighted by Gasteiger charge is -2.19. The molecular weight excluding hydrogens is 588 g/mol. The summed E-state index contributed by atoms with van der Waals surface area (Å²) in [4.78, 5) is 65.6. The van der Waals surface area contributed by atoms with Crippen LogP contribution in [0.15, 0.2) is 36.4 Å². The Morgan fingerprint density at radius 2 is 1.07 bits per heavy atom. The normalized spacial score (nSPS) is 10.7. The second-order valence-electron chi connectivity index (χ2n) is 11.4. The number of ether oxygens (including phenoxy) is 4. The van der Waals surface area contributed by atoms with E-state index in [4.69, 9.17) is 18.9 Å². The molecule has 0 unspecified atom stereocenters. The van der Waals surface area contributed by atoms with E-state index in [0.29, 0.717) is 24.8 Å². The van der Waals surface area contributed by atoms with Crippen molar-refractivity contribution in [2.45, 2.75) is 131 Å². The van der Waals surface area contributed by atoms with Gasteiger partial charge in [0.2, 0.25) is 5.75 Å². The summed E-state index contributed by atoms with van der Waals surface area (Å²) in [5.41, 5.74) is 0.150. The minimum atomic E-state index is -0.896. The third-order valence-corrected chi connectivity index (χ3v) is 7.35. The van der Waals surface area contributed by atoms with Crippen LogP contribution in [-0.2, 0) is 25.7 Å². The summed E-state index contributed by atoms with van der Waals surface area (Å²) < 4.78 is 22.6. The number of carbonyl (C=O) groups is 5. The van der Waals surface area contributed by atoms with Gasteiger partial charge in [-0.15, -0.1) is 0 Å². The Morgan fingerprint density at radius 3 is 1.54 bits per heavy atom. The minimum Gasteiger partial charge on any atom is -0.457 e. The Balaban J connectivity index is 2.60. The Hall–Kier alpha value is -4.01. The van der Waals surface area contributed by atoms with Crippen molar-refractivity contribution >= 4 is 29.7 Å². The summed E-state index contributed by atoms with van der Waals surface area (Å²) in [6, 6.07) is 10.1. The van der Waals surface area contributed by atoms with Crippen LogP contribution >= 0.6 is 0 Å². The Morgan fingerprint density at radius 1 is 0.587 bits per heavy atom. The maximum atomic E-state index is 13.5. The third kappa shape index (κ3) is 13.5. The first-order valence-corrected chi connectivity index (χ1v) is 16.8. The van der Waals surface area contributed by atoms with E-state index in [1.807, 2.05) is 6.07 Å². The van der Waals surface area contributed by atoms with Gasteiger partial charge in [-0.2, -0.15) is 0 Å². The number of esters is 4. The molecule has 2 aromatic rings. The van der Waals surface area contributed by atoms with Gasteiger partial charge in [0.25, 0.3) is 0 Å². The van der Waals surface area contributed by atoms with Crippen LogP contribution in [0, 0.1) is 0 Å². The molecule has 0 N–H and O–H groups in total. The fourth-order valence-corrected chi connectivity index (χ4v) is 4.79. The molecule has 252 valence electrons. The predicted molar refractivity (Wildman–Crippen MR) is 175 cm³/mol. The number of ketones is 1. The number of rotatable bonds is 22. The van der Waals surface area contributed by atoms with Gasteiger partial charge in [-0.1, -0.05) is 109 Å². The highest BCUT2D eigenvalue weighted by atomic mass is 16.6. The zero-order valence-corrected chi connectivity index (χ0v) is 28.0. The molecule has 0 saturated heterocycles. The molecule has 0 aliphatic carbocycles. The molecule has 0 aromatic heterocycles. The quantitative estimate of drug-likeness (QED) is 0.0538. The fourth-order valence-electron chi connectivity index (χ4n) is 4.79. The van der Waals surface area contributed by atoms with Crippen molar-refractivity contribution in [3.63, 3.8) is 0 Å². The third-order valence-electron chi connectivity index (χ3n) is 7.35. The van der Waals surface area contributed by atoms with E-state index in [9.17, 15) is 24.0 Å². The van der Waals surface area contributed by atoms with Crippen molar-refractivity contribution in [3.05, 3.63) is 53.1 Å². The molecule has 46 heavy (non-hydrogen) atoms. The van der Waals surface area contributed by atoms with Gasteiger partial charge in [-0.05, 0) is 31.7 Å². The van der Waals surface area contributed by atoms with E-state index in [2.05, 4.69) is 20.8 Å². The van der Waals surface area contributed by atoms with Gasteiger partial charge in [0.05, 0.1) is 11.1 Å². The first-order chi connectivity index (χ1) is 22.2. The first kappa shape index (κ1) is 38.2. The van der Waals surface area contributed by atoms with Crippen molar-refractivity contribution in [1.29, 1.82) is 0 Å². The summed E-state index contributed by atoms with van der Waals surface area (Å²) in [6.07, 6.45) is 10.1. The maximum Gasteiger partial charge on any atom is 0.339 e. The predicted octanol–water partition coefficient (Wildman–Crippen LogP) is 8.87. The molecule has 0 heterocycles. The van der Waals surface area contributed by atoms with Gasteiger partial charge in [0.1, 0.15) is 6.61 Å². The lowest BCUT2D eigenvalue weighted by atomic mass is 10.0. The van der Waals surface area contributed by atoms with Crippen LogP contribution < -0.4 is 14.2 Å². The summed E-state index contributed by atoms with van der Waals surface area (Å²) >= 11 is 0. The van der Waals surface area contributed by atoms with Gasteiger partial charge in [0, 0.05) is 25.3 Å². The van der Waals surface area contributed by atoms with E-state index in [0.717, 1.165) is 63.9 Å². The number of hydrogen-bond donors (Lipinski definition) is 0. The topological polar surface area (TPSA) is 122 Å². The van der Waals surface area contributed by atoms with Crippen LogP contribution in [0.2, 0.25) is 0 Å². The number of Topliss-reactive ketones (excluding diaryl/α,β-unsaturated/α-hetero) is 1. The molecule has 0 spiro atoms. The van der Waals surface area contributed by atoms with Crippen molar-refractivity contribution < 1.29 is 42.9 Å². The molecular formula is C37H50O9.